The Morgan fingerprint density at radius 1 is 0.897 bits per heavy atom. The molecule has 0 heterocycles. The number of carbonyl (C=O) groups is 2. The third-order valence-electron chi connectivity index (χ3n) is 6.60. The van der Waals surface area contributed by atoms with E-state index in [2.05, 4.69) is 5.32 Å². The monoisotopic (exact) mass is 569 g/mol. The lowest BCUT2D eigenvalue weighted by Crippen LogP contribution is -2.52. The summed E-state index contributed by atoms with van der Waals surface area (Å²) in [6.07, 6.45) is 1.13. The van der Waals surface area contributed by atoms with Crippen LogP contribution < -0.4 is 9.62 Å². The van der Waals surface area contributed by atoms with E-state index >= 15 is 0 Å². The minimum Gasteiger partial charge on any atom is -0.354 e. The fourth-order valence-corrected chi connectivity index (χ4v) is 5.95. The quantitative estimate of drug-likeness (QED) is 0.313. The number of aryl methyl sites for hydroxylation is 2. The first-order valence-electron chi connectivity index (χ1n) is 13.1. The van der Waals surface area contributed by atoms with Crippen molar-refractivity contribution >= 4 is 39.1 Å². The number of hydrogen-bond donors (Lipinski definition) is 1. The summed E-state index contributed by atoms with van der Waals surface area (Å²) in [5.74, 6) is -0.734. The Balaban J connectivity index is 2.07. The molecule has 3 aromatic rings. The van der Waals surface area contributed by atoms with Crippen LogP contribution in [-0.2, 0) is 26.2 Å². The molecule has 0 radical (unpaired) electrons. The lowest BCUT2D eigenvalue weighted by Gasteiger charge is -2.34. The molecule has 1 N–H and O–H groups in total. The molecule has 0 saturated heterocycles. The van der Waals surface area contributed by atoms with Crippen molar-refractivity contribution in [2.75, 3.05) is 17.4 Å². The lowest BCUT2D eigenvalue weighted by molar-refractivity contribution is -0.140. The van der Waals surface area contributed by atoms with Gasteiger partial charge in [0.2, 0.25) is 11.8 Å². The van der Waals surface area contributed by atoms with Gasteiger partial charge < -0.3 is 10.2 Å². The van der Waals surface area contributed by atoms with E-state index in [1.54, 1.807) is 25.1 Å². The number of amides is 2. The molecule has 0 aliphatic carbocycles. The Hall–Kier alpha value is -3.36. The number of halogens is 1. The minimum absolute atomic E-state index is 0.0149. The summed E-state index contributed by atoms with van der Waals surface area (Å²) < 4.78 is 28.9. The number of para-hydroxylation sites is 1. The molecular formula is C30H36ClN3O4S. The highest BCUT2D eigenvalue weighted by Gasteiger charge is 2.34. The highest BCUT2D eigenvalue weighted by Crippen LogP contribution is 2.28. The molecule has 0 aromatic heterocycles. The van der Waals surface area contributed by atoms with E-state index in [9.17, 15) is 18.0 Å². The van der Waals surface area contributed by atoms with Gasteiger partial charge in [-0.25, -0.2) is 8.42 Å². The third kappa shape index (κ3) is 7.40. The molecular weight excluding hydrogens is 534 g/mol. The van der Waals surface area contributed by atoms with Crippen molar-refractivity contribution in [3.8, 4) is 0 Å². The molecule has 0 fully saturated rings. The average molecular weight is 570 g/mol. The fraction of sp³-hybridized carbons (Fsp3) is 0.333. The number of nitrogens with one attached hydrogen (secondary N) is 1. The summed E-state index contributed by atoms with van der Waals surface area (Å²) in [6, 6.07) is 19.7. The molecule has 0 spiro atoms. The predicted molar refractivity (Wildman–Crippen MR) is 156 cm³/mol. The zero-order chi connectivity index (χ0) is 28.6. The molecule has 3 rings (SSSR count). The zero-order valence-electron chi connectivity index (χ0n) is 22.9. The van der Waals surface area contributed by atoms with Crippen LogP contribution >= 0.6 is 11.6 Å². The van der Waals surface area contributed by atoms with Gasteiger partial charge in [-0.2, -0.15) is 0 Å². The van der Waals surface area contributed by atoms with Gasteiger partial charge in [-0.15, -0.1) is 0 Å². The average Bonchev–Trinajstić information content (AvgIpc) is 2.92. The molecule has 1 atom stereocenters. The van der Waals surface area contributed by atoms with E-state index in [0.717, 1.165) is 21.9 Å². The Bertz CT molecular complexity index is 1390. The number of nitrogens with zero attached hydrogens (tertiary/aromatic N) is 2. The van der Waals surface area contributed by atoms with Crippen LogP contribution in [0.1, 0.15) is 43.4 Å². The van der Waals surface area contributed by atoms with Crippen molar-refractivity contribution in [1.82, 2.24) is 10.2 Å². The third-order valence-corrected chi connectivity index (χ3v) is 8.63. The topological polar surface area (TPSA) is 86.8 Å². The molecule has 0 saturated carbocycles. The summed E-state index contributed by atoms with van der Waals surface area (Å²) in [6.45, 7) is 7.73. The molecule has 2 amide bonds. The van der Waals surface area contributed by atoms with E-state index in [-0.39, 0.29) is 17.3 Å². The SMILES string of the molecule is CCCNC(=O)[C@H](CC)N(Cc1ccccc1C)C(=O)CN(c1ccccc1C)S(=O)(=O)c1ccc(Cl)cc1. The molecule has 9 heteroatoms. The maximum atomic E-state index is 14.1. The van der Waals surface area contributed by atoms with E-state index in [1.807, 2.05) is 51.1 Å². The molecule has 0 aliphatic rings. The van der Waals surface area contributed by atoms with Gasteiger partial charge in [0.25, 0.3) is 10.0 Å². The van der Waals surface area contributed by atoms with Crippen molar-refractivity contribution < 1.29 is 18.0 Å². The Labute approximate surface area is 236 Å². The summed E-state index contributed by atoms with van der Waals surface area (Å²) in [5, 5.41) is 3.30. The lowest BCUT2D eigenvalue weighted by atomic mass is 10.1. The summed E-state index contributed by atoms with van der Waals surface area (Å²) in [5.41, 5.74) is 2.94. The van der Waals surface area contributed by atoms with Crippen LogP contribution in [0.3, 0.4) is 0 Å². The molecule has 3 aromatic carbocycles. The van der Waals surface area contributed by atoms with Gasteiger partial charge >= 0.3 is 0 Å². The predicted octanol–water partition coefficient (Wildman–Crippen LogP) is 5.49. The van der Waals surface area contributed by atoms with Crippen LogP contribution in [0.2, 0.25) is 5.02 Å². The second kappa shape index (κ2) is 13.6. The minimum atomic E-state index is -4.14. The standard InChI is InChI=1S/C30H36ClN3O4S/c1-5-19-32-30(36)27(6-2)33(20-24-13-9-7-11-22(24)3)29(35)21-34(28-14-10-8-12-23(28)4)39(37,38)26-17-15-25(31)16-18-26/h7-18,27H,5-6,19-21H2,1-4H3,(H,32,36)/t27-/m0/s1. The molecule has 0 bridgehead atoms. The fourth-order valence-electron chi connectivity index (χ4n) is 4.35. The highest BCUT2D eigenvalue weighted by molar-refractivity contribution is 7.92. The first-order valence-corrected chi connectivity index (χ1v) is 14.9. The Morgan fingerprint density at radius 3 is 2.10 bits per heavy atom. The first-order chi connectivity index (χ1) is 18.6. The molecule has 7 nitrogen and oxygen atoms in total. The number of anilines is 1. The Kier molecular flexibility index (Phi) is 10.5. The van der Waals surface area contributed by atoms with Crippen LogP contribution in [0.4, 0.5) is 5.69 Å². The van der Waals surface area contributed by atoms with Gasteiger partial charge in [0.15, 0.2) is 0 Å². The Morgan fingerprint density at radius 2 is 1.51 bits per heavy atom. The van der Waals surface area contributed by atoms with Crippen molar-refractivity contribution in [3.05, 3.63) is 94.5 Å². The molecule has 39 heavy (non-hydrogen) atoms. The van der Waals surface area contributed by atoms with Crippen molar-refractivity contribution in [2.24, 2.45) is 0 Å². The van der Waals surface area contributed by atoms with Crippen LogP contribution in [-0.4, -0.2) is 44.3 Å². The van der Waals surface area contributed by atoms with Gasteiger partial charge in [0.1, 0.15) is 12.6 Å². The number of rotatable bonds is 12. The van der Waals surface area contributed by atoms with E-state index in [0.29, 0.717) is 29.2 Å². The summed E-state index contributed by atoms with van der Waals surface area (Å²) >= 11 is 6.01. The van der Waals surface area contributed by atoms with E-state index < -0.39 is 28.5 Å². The maximum absolute atomic E-state index is 14.1. The summed E-state index contributed by atoms with van der Waals surface area (Å²) in [4.78, 5) is 28.8. The first kappa shape index (κ1) is 30.2. The molecule has 0 aliphatic heterocycles. The second-order valence-electron chi connectivity index (χ2n) is 9.42. The van der Waals surface area contributed by atoms with E-state index in [4.69, 9.17) is 11.6 Å². The molecule has 0 unspecified atom stereocenters. The largest absolute Gasteiger partial charge is 0.354 e. The van der Waals surface area contributed by atoms with Crippen molar-refractivity contribution in [3.63, 3.8) is 0 Å². The second-order valence-corrected chi connectivity index (χ2v) is 11.7. The van der Waals surface area contributed by atoms with Gasteiger partial charge in [-0.1, -0.05) is 67.9 Å². The van der Waals surface area contributed by atoms with Crippen LogP contribution in [0, 0.1) is 13.8 Å². The van der Waals surface area contributed by atoms with E-state index in [1.165, 1.54) is 29.2 Å². The highest BCUT2D eigenvalue weighted by atomic mass is 35.5. The summed E-state index contributed by atoms with van der Waals surface area (Å²) in [7, 11) is -4.14. The number of carbonyl (C=O) groups excluding carboxylic acids is 2. The zero-order valence-corrected chi connectivity index (χ0v) is 24.4. The van der Waals surface area contributed by atoms with Crippen LogP contribution in [0.25, 0.3) is 0 Å². The van der Waals surface area contributed by atoms with Crippen molar-refractivity contribution in [1.29, 1.82) is 0 Å². The van der Waals surface area contributed by atoms with Crippen LogP contribution in [0.5, 0.6) is 0 Å². The number of hydrogen-bond acceptors (Lipinski definition) is 4. The normalized spacial score (nSPS) is 12.0. The van der Waals surface area contributed by atoms with Gasteiger partial charge in [-0.05, 0) is 73.7 Å². The molecule has 208 valence electrons. The van der Waals surface area contributed by atoms with Gasteiger partial charge in [-0.3, -0.25) is 13.9 Å². The van der Waals surface area contributed by atoms with Gasteiger partial charge in [0.05, 0.1) is 10.6 Å². The van der Waals surface area contributed by atoms with Gasteiger partial charge in [0, 0.05) is 18.1 Å². The smallest absolute Gasteiger partial charge is 0.264 e. The number of benzene rings is 3. The van der Waals surface area contributed by atoms with Crippen molar-refractivity contribution in [2.45, 2.75) is 58.0 Å². The number of sulfonamides is 1. The van der Waals surface area contributed by atoms with Crippen LogP contribution in [0.15, 0.2) is 77.7 Å². The maximum Gasteiger partial charge on any atom is 0.264 e.